The van der Waals surface area contributed by atoms with Gasteiger partial charge in [0.05, 0.1) is 33.6 Å². The Morgan fingerprint density at radius 1 is 0.201 bits per heavy atom. The van der Waals surface area contributed by atoms with Gasteiger partial charge in [-0.3, -0.25) is 0 Å². The van der Waals surface area contributed by atoms with Crippen LogP contribution < -0.4 is 43.1 Å². The Kier molecular flexibility index (Phi) is 24.4. The van der Waals surface area contributed by atoms with Crippen molar-refractivity contribution >= 4 is 104 Å². The van der Waals surface area contributed by atoms with Crippen molar-refractivity contribution in [1.29, 1.82) is 0 Å². The minimum atomic E-state index is -0.364. The summed E-state index contributed by atoms with van der Waals surface area (Å²) in [5, 5.41) is 0. The van der Waals surface area contributed by atoms with Gasteiger partial charge in [0.25, 0.3) is 0 Å². The van der Waals surface area contributed by atoms with Crippen LogP contribution >= 0.6 is 11.8 Å². The van der Waals surface area contributed by atoms with Crippen LogP contribution in [0, 0.1) is 0 Å². The summed E-state index contributed by atoms with van der Waals surface area (Å²) in [4.78, 5) is 17.4. The fourth-order valence-corrected chi connectivity index (χ4v) is 24.9. The molecular formula is C125H126N6OSSe. The van der Waals surface area contributed by atoms with E-state index in [0.717, 1.165) is 22.9 Å². The topological polar surface area (TPSA) is 28.7 Å². The maximum Gasteiger partial charge on any atom is 0.0457 e. The van der Waals surface area contributed by atoms with Gasteiger partial charge in [-0.15, -0.1) is 0 Å². The van der Waals surface area contributed by atoms with Gasteiger partial charge in [0.15, 0.2) is 11.5 Å². The number of ether oxygens (including phenoxy) is 1. The third-order valence-corrected chi connectivity index (χ3v) is 30.0. The average molecular weight is 1840 g/mol. The molecule has 0 radical (unpaired) electrons. The number of hydrogen-bond donors (Lipinski definition) is 0. The number of nitrogens with zero attached hydrogens (tertiary/aromatic N) is 6. The predicted molar refractivity (Wildman–Crippen MR) is 573 cm³/mol. The Hall–Kier alpha value is -13.0. The molecule has 9 heteroatoms. The molecule has 0 amide bonds. The van der Waals surface area contributed by atoms with E-state index in [1.165, 1.54) is 142 Å². The number of anilines is 12. The molecule has 7 nitrogen and oxygen atoms in total. The first-order chi connectivity index (χ1) is 64.1. The number of benzene rings is 16. The Morgan fingerprint density at radius 3 is 0.746 bits per heavy atom. The van der Waals surface area contributed by atoms with Gasteiger partial charge in [-0.25, -0.2) is 0 Å². The van der Waals surface area contributed by atoms with Gasteiger partial charge in [0.1, 0.15) is 0 Å². The maximum atomic E-state index is 5.96. The van der Waals surface area contributed by atoms with Gasteiger partial charge < -0.3 is 29.2 Å². The van der Waals surface area contributed by atoms with Crippen LogP contribution in [0.15, 0.2) is 410 Å². The van der Waals surface area contributed by atoms with Gasteiger partial charge in [-0.1, -0.05) is 293 Å². The van der Waals surface area contributed by atoms with Crippen LogP contribution in [0.4, 0.5) is 68.2 Å². The molecule has 1 spiro atoms. The summed E-state index contributed by atoms with van der Waals surface area (Å²) in [7, 11) is 0. The predicted octanol–water partition coefficient (Wildman–Crippen LogP) is 32.3. The molecule has 134 heavy (non-hydrogen) atoms. The van der Waals surface area contributed by atoms with Crippen molar-refractivity contribution < 1.29 is 4.74 Å². The van der Waals surface area contributed by atoms with Crippen molar-refractivity contribution in [2.75, 3.05) is 29.4 Å². The van der Waals surface area contributed by atoms with Crippen LogP contribution in [0.5, 0.6) is 11.5 Å². The van der Waals surface area contributed by atoms with Gasteiger partial charge in [0, 0.05) is 77.0 Å². The first-order valence-corrected chi connectivity index (χ1v) is 49.9. The fourth-order valence-electron chi connectivity index (χ4n) is 21.6. The van der Waals surface area contributed by atoms with Crippen LogP contribution in [0.1, 0.15) is 194 Å². The number of fused-ring (bicyclic) bond motifs is 19. The summed E-state index contributed by atoms with van der Waals surface area (Å²) >= 11 is 2.29. The molecule has 0 N–H and O–H groups in total. The van der Waals surface area contributed by atoms with Gasteiger partial charge in [0.2, 0.25) is 0 Å². The van der Waals surface area contributed by atoms with Gasteiger partial charge in [-0.05, 0) is 256 Å². The van der Waals surface area contributed by atoms with E-state index in [9.17, 15) is 0 Å². The molecule has 16 aromatic rings. The Morgan fingerprint density at radius 2 is 0.418 bits per heavy atom. The van der Waals surface area contributed by atoms with E-state index >= 15 is 0 Å². The first kappa shape index (κ1) is 91.5. The monoisotopic (exact) mass is 1840 g/mol. The quantitative estimate of drug-likeness (QED) is 0.158. The molecule has 674 valence electrons. The summed E-state index contributed by atoms with van der Waals surface area (Å²) in [6, 6.07) is 145. The molecule has 16 aromatic carbocycles. The van der Waals surface area contributed by atoms with Crippen molar-refractivity contribution in [3.05, 3.63) is 456 Å². The van der Waals surface area contributed by atoms with Crippen LogP contribution in [0.2, 0.25) is 0 Å². The second-order valence-corrected chi connectivity index (χ2v) is 45.6. The number of rotatable bonds is 2. The molecule has 0 unspecified atom stereocenters. The summed E-state index contributed by atoms with van der Waals surface area (Å²) in [6.07, 6.45) is 0. The molecular weight excluding hydrogens is 1710 g/mol. The van der Waals surface area contributed by atoms with Crippen molar-refractivity contribution in [1.82, 2.24) is 0 Å². The summed E-state index contributed by atoms with van der Waals surface area (Å²) in [6.45, 7) is 45.5. The van der Waals surface area contributed by atoms with E-state index in [-0.39, 0.29) is 49.5 Å². The normalized spacial score (nSPS) is 14.8. The van der Waals surface area contributed by atoms with Gasteiger partial charge in [-0.2, -0.15) is 0 Å². The molecule has 23 rings (SSSR count). The number of para-hydroxylation sites is 14. The zero-order chi connectivity index (χ0) is 94.1. The van der Waals surface area contributed by atoms with Crippen molar-refractivity contribution in [3.63, 3.8) is 0 Å². The maximum absolute atomic E-state index is 5.96. The molecule has 0 fully saturated rings. The second kappa shape index (κ2) is 35.8. The fraction of sp³-hybridized carbons (Fsp3) is 0.232. The van der Waals surface area contributed by atoms with Crippen LogP contribution in [0.25, 0.3) is 11.1 Å². The van der Waals surface area contributed by atoms with Crippen molar-refractivity contribution in [2.24, 2.45) is 0 Å². The summed E-state index contributed by atoms with van der Waals surface area (Å²) < 4.78 is 8.93. The molecule has 6 heterocycles. The molecule has 1 aliphatic carbocycles. The standard InChI is InChI=1S/C29H25N.C29H27N.C19H23N.C16H17NO.C16H17NS.C16H17NSe/c1-28(2,3)30-26-18-10-8-16-24(26)29(25-17-9-11-19-27(25)30)22-14-6-4-12-20(22)21-13-5-7-15-23(21)29;1-28(2,3)30-26-20-12-10-18-24(26)29(22-14-6-4-7-15-22,23-16-8-5-9-17-23)25-19-11-13-21-27(25)30;1-18(2,3)20-16-12-8-6-10-14(16)19(4,5)15-11-7-9-13-17(15)20;3*1-16(2,3)17-12-8-4-6-10-14(12)18-15-11-7-5-9-13(15)17/h4-19H,1-3H3;4-21H,1-3H3;6-13H,1-5H3;3*4-11H,1-3H3. The van der Waals surface area contributed by atoms with Crippen molar-refractivity contribution in [2.45, 2.75) is 198 Å². The molecule has 0 saturated heterocycles. The van der Waals surface area contributed by atoms with E-state index in [4.69, 9.17) is 4.74 Å². The first-order valence-electron chi connectivity index (χ1n) is 47.4. The van der Waals surface area contributed by atoms with E-state index in [0.29, 0.717) is 15.0 Å². The minimum absolute atomic E-state index is 0.00991. The zero-order valence-electron chi connectivity index (χ0n) is 81.5. The zero-order valence-corrected chi connectivity index (χ0v) is 84.0. The largest absolute Gasteiger partial charge is 0.336 e. The average Bonchev–Trinajstić information content (AvgIpc) is 1.36. The van der Waals surface area contributed by atoms with Gasteiger partial charge >= 0.3 is 115 Å². The molecule has 6 aliphatic heterocycles. The van der Waals surface area contributed by atoms with Crippen LogP contribution in [0.3, 0.4) is 0 Å². The minimum Gasteiger partial charge on any atom is -0.336 e. The molecule has 0 aromatic heterocycles. The summed E-state index contributed by atoms with van der Waals surface area (Å²) in [5.41, 5.74) is 31.3. The third kappa shape index (κ3) is 16.5. The SMILES string of the molecule is CC(C)(C)N1c2ccccc2C(c2ccccc2)(c2ccccc2)c2ccccc21.CC(C)(C)N1c2ccccc2C2(c3ccccc3-c3ccccc32)c2ccccc21.CC(C)(C)N1c2ccccc2Oc2ccccc21.CC(C)(C)N1c2ccccc2Sc2ccccc21.CC(C)(C)N1c2ccccc2[Se]c2ccccc21.CC1(C)c2ccccc2N(C(C)(C)C)c2ccccc21. The molecule has 0 bridgehead atoms. The second-order valence-electron chi connectivity index (χ2n) is 42.2. The Balaban J connectivity index is 0.000000109. The molecule has 7 aliphatic rings. The molecule has 0 atom stereocenters. The smallest absolute Gasteiger partial charge is 0.0457 e. The van der Waals surface area contributed by atoms with E-state index in [2.05, 4.69) is 544 Å². The Labute approximate surface area is 808 Å². The van der Waals surface area contributed by atoms with E-state index in [1.807, 2.05) is 36.0 Å². The van der Waals surface area contributed by atoms with Crippen LogP contribution in [-0.4, -0.2) is 48.2 Å². The van der Waals surface area contributed by atoms with Crippen LogP contribution in [-0.2, 0) is 16.2 Å². The molecule has 0 saturated carbocycles. The van der Waals surface area contributed by atoms with Crippen molar-refractivity contribution in [3.8, 4) is 22.6 Å². The van der Waals surface area contributed by atoms with E-state index < -0.39 is 0 Å². The summed E-state index contributed by atoms with van der Waals surface area (Å²) in [5.74, 6) is 1.84. The number of hydrogen-bond acceptors (Lipinski definition) is 8. The third-order valence-electron chi connectivity index (χ3n) is 26.5. The Bertz CT molecular complexity index is 6240. The van der Waals surface area contributed by atoms with E-state index in [1.54, 1.807) is 0 Å².